The molecule has 28 heavy (non-hydrogen) atoms. The summed E-state index contributed by atoms with van der Waals surface area (Å²) in [5, 5.41) is 0.730. The normalized spacial score (nSPS) is 14.8. The first kappa shape index (κ1) is 20.8. The number of benzene rings is 2. The highest BCUT2D eigenvalue weighted by Gasteiger charge is 2.11. The largest absolute Gasteiger partial charge is 0.492 e. The average molecular weight is 402 g/mol. The Labute approximate surface area is 172 Å². The molecular weight excluding hydrogens is 374 g/mol. The van der Waals surface area contributed by atoms with Crippen LogP contribution in [0.4, 0.5) is 0 Å². The molecule has 0 bridgehead atoms. The Balaban J connectivity index is 1.54. The van der Waals surface area contributed by atoms with E-state index in [0.29, 0.717) is 19.4 Å². The zero-order chi connectivity index (χ0) is 19.9. The first-order valence-electron chi connectivity index (χ1n) is 9.80. The predicted octanol–water partition coefficient (Wildman–Crippen LogP) is 4.02. The zero-order valence-electron chi connectivity index (χ0n) is 16.7. The summed E-state index contributed by atoms with van der Waals surface area (Å²) in [4.78, 5) is 14.9. The molecule has 0 saturated carbocycles. The summed E-state index contributed by atoms with van der Waals surface area (Å²) in [7, 11) is 0. The van der Waals surface area contributed by atoms with Gasteiger partial charge in [0.15, 0.2) is 0 Å². The Morgan fingerprint density at radius 2 is 1.71 bits per heavy atom. The lowest BCUT2D eigenvalue weighted by atomic mass is 10.0. The van der Waals surface area contributed by atoms with E-state index in [4.69, 9.17) is 21.1 Å². The number of Topliss-reactive ketones (excluding diaryl/α,β-unsaturated/α-hetero) is 1. The number of halogens is 1. The maximum absolute atomic E-state index is 12.5. The SMILES string of the molecule is Cc1cc(CC(=O)Cc2ccc(C)c(OCCN3CCOCC3)c2)ccc1Cl. The molecule has 0 unspecified atom stereocenters. The van der Waals surface area contributed by atoms with Crippen molar-refractivity contribution in [2.75, 3.05) is 39.5 Å². The third-order valence-electron chi connectivity index (χ3n) is 5.05. The molecule has 2 aromatic rings. The van der Waals surface area contributed by atoms with Gasteiger partial charge in [-0.2, -0.15) is 0 Å². The van der Waals surface area contributed by atoms with Gasteiger partial charge in [0, 0.05) is 37.5 Å². The van der Waals surface area contributed by atoms with Gasteiger partial charge in [-0.15, -0.1) is 0 Å². The van der Waals surface area contributed by atoms with Crippen molar-refractivity contribution in [3.8, 4) is 5.75 Å². The number of carbonyl (C=O) groups is 1. The highest BCUT2D eigenvalue weighted by atomic mass is 35.5. The first-order chi connectivity index (χ1) is 13.5. The molecule has 0 aromatic heterocycles. The third kappa shape index (κ3) is 6.06. The molecule has 1 aliphatic rings. The van der Waals surface area contributed by atoms with E-state index < -0.39 is 0 Å². The molecule has 2 aromatic carbocycles. The summed E-state index contributed by atoms with van der Waals surface area (Å²) in [6.45, 7) is 9.03. The Bertz CT molecular complexity index is 815. The van der Waals surface area contributed by atoms with E-state index in [2.05, 4.69) is 4.90 Å². The second-order valence-corrected chi connectivity index (χ2v) is 7.79. The molecule has 4 nitrogen and oxygen atoms in total. The number of rotatable bonds is 8. The fraction of sp³-hybridized carbons (Fsp3) is 0.435. The highest BCUT2D eigenvalue weighted by molar-refractivity contribution is 6.31. The molecule has 0 spiro atoms. The number of hydrogen-bond acceptors (Lipinski definition) is 4. The molecule has 1 fully saturated rings. The lowest BCUT2D eigenvalue weighted by molar-refractivity contribution is -0.117. The van der Waals surface area contributed by atoms with Gasteiger partial charge in [-0.1, -0.05) is 35.9 Å². The maximum atomic E-state index is 12.5. The van der Waals surface area contributed by atoms with Crippen LogP contribution >= 0.6 is 11.6 Å². The van der Waals surface area contributed by atoms with Gasteiger partial charge in [0.25, 0.3) is 0 Å². The van der Waals surface area contributed by atoms with Gasteiger partial charge < -0.3 is 9.47 Å². The standard InChI is InChI=1S/C23H28ClNO3/c1-17-3-4-20(15-21(26)14-19-5-6-22(24)18(2)13-19)16-23(17)28-12-9-25-7-10-27-11-8-25/h3-6,13,16H,7-12,14-15H2,1-2H3. The second kappa shape index (κ2) is 10.1. The van der Waals surface area contributed by atoms with Crippen molar-refractivity contribution in [2.45, 2.75) is 26.7 Å². The van der Waals surface area contributed by atoms with Crippen molar-refractivity contribution < 1.29 is 14.3 Å². The number of nitrogens with zero attached hydrogens (tertiary/aromatic N) is 1. The molecule has 1 aliphatic heterocycles. The van der Waals surface area contributed by atoms with E-state index in [0.717, 1.165) is 65.9 Å². The van der Waals surface area contributed by atoms with Gasteiger partial charge in [-0.05, 0) is 48.2 Å². The molecule has 150 valence electrons. The van der Waals surface area contributed by atoms with E-state index in [-0.39, 0.29) is 5.78 Å². The maximum Gasteiger partial charge on any atom is 0.141 e. The van der Waals surface area contributed by atoms with Gasteiger partial charge in [0.05, 0.1) is 13.2 Å². The fourth-order valence-corrected chi connectivity index (χ4v) is 3.47. The highest BCUT2D eigenvalue weighted by Crippen LogP contribution is 2.21. The molecule has 0 N–H and O–H groups in total. The second-order valence-electron chi connectivity index (χ2n) is 7.38. The lowest BCUT2D eigenvalue weighted by Gasteiger charge is -2.26. The van der Waals surface area contributed by atoms with E-state index in [1.54, 1.807) is 0 Å². The number of ether oxygens (including phenoxy) is 2. The predicted molar refractivity (Wildman–Crippen MR) is 113 cm³/mol. The Hall–Kier alpha value is -1.88. The molecule has 1 heterocycles. The first-order valence-corrected chi connectivity index (χ1v) is 10.2. The van der Waals surface area contributed by atoms with E-state index in [1.165, 1.54) is 0 Å². The lowest BCUT2D eigenvalue weighted by Crippen LogP contribution is -2.38. The van der Waals surface area contributed by atoms with Gasteiger partial charge >= 0.3 is 0 Å². The van der Waals surface area contributed by atoms with Gasteiger partial charge in [-0.25, -0.2) is 0 Å². The van der Waals surface area contributed by atoms with Crippen LogP contribution in [-0.4, -0.2) is 50.1 Å². The topological polar surface area (TPSA) is 38.8 Å². The monoisotopic (exact) mass is 401 g/mol. The van der Waals surface area contributed by atoms with Crippen molar-refractivity contribution in [3.05, 3.63) is 63.7 Å². The molecule has 0 radical (unpaired) electrons. The molecule has 5 heteroatoms. The van der Waals surface area contributed by atoms with Gasteiger partial charge in [0.1, 0.15) is 18.1 Å². The molecular formula is C23H28ClNO3. The van der Waals surface area contributed by atoms with Crippen LogP contribution in [0.25, 0.3) is 0 Å². The van der Waals surface area contributed by atoms with Crippen LogP contribution < -0.4 is 4.74 Å². The van der Waals surface area contributed by atoms with Crippen molar-refractivity contribution >= 4 is 17.4 Å². The Morgan fingerprint density at radius 3 is 2.43 bits per heavy atom. The van der Waals surface area contributed by atoms with Crippen LogP contribution in [0, 0.1) is 13.8 Å². The van der Waals surface area contributed by atoms with Crippen molar-refractivity contribution in [1.82, 2.24) is 4.90 Å². The molecule has 3 rings (SSSR count). The third-order valence-corrected chi connectivity index (χ3v) is 5.47. The van der Waals surface area contributed by atoms with Crippen molar-refractivity contribution in [3.63, 3.8) is 0 Å². The summed E-state index contributed by atoms with van der Waals surface area (Å²) in [6, 6.07) is 11.8. The van der Waals surface area contributed by atoms with Crippen LogP contribution in [0.5, 0.6) is 5.75 Å². The minimum absolute atomic E-state index is 0.185. The summed E-state index contributed by atoms with van der Waals surface area (Å²) in [6.07, 6.45) is 0.820. The van der Waals surface area contributed by atoms with Crippen molar-refractivity contribution in [1.29, 1.82) is 0 Å². The minimum Gasteiger partial charge on any atom is -0.492 e. The summed E-state index contributed by atoms with van der Waals surface area (Å²) < 4.78 is 11.4. The summed E-state index contributed by atoms with van der Waals surface area (Å²) in [5.41, 5.74) is 4.08. The van der Waals surface area contributed by atoms with Crippen molar-refractivity contribution in [2.24, 2.45) is 0 Å². The summed E-state index contributed by atoms with van der Waals surface area (Å²) >= 11 is 6.06. The van der Waals surface area contributed by atoms with Gasteiger partial charge in [0.2, 0.25) is 0 Å². The van der Waals surface area contributed by atoms with E-state index >= 15 is 0 Å². The quantitative estimate of drug-likeness (QED) is 0.669. The Morgan fingerprint density at radius 1 is 1.04 bits per heavy atom. The summed E-state index contributed by atoms with van der Waals surface area (Å²) in [5.74, 6) is 1.05. The zero-order valence-corrected chi connectivity index (χ0v) is 17.4. The average Bonchev–Trinajstić information content (AvgIpc) is 2.68. The smallest absolute Gasteiger partial charge is 0.141 e. The molecule has 0 aliphatic carbocycles. The fourth-order valence-electron chi connectivity index (χ4n) is 3.35. The number of carbonyl (C=O) groups excluding carboxylic acids is 1. The molecule has 0 atom stereocenters. The number of ketones is 1. The van der Waals surface area contributed by atoms with Crippen LogP contribution in [0.3, 0.4) is 0 Å². The van der Waals surface area contributed by atoms with Crippen LogP contribution in [-0.2, 0) is 22.4 Å². The number of morpholine rings is 1. The van der Waals surface area contributed by atoms with Crippen LogP contribution in [0.2, 0.25) is 5.02 Å². The molecule has 0 amide bonds. The van der Waals surface area contributed by atoms with E-state index in [9.17, 15) is 4.79 Å². The van der Waals surface area contributed by atoms with E-state index in [1.807, 2.05) is 50.2 Å². The molecule has 1 saturated heterocycles. The van der Waals surface area contributed by atoms with Crippen LogP contribution in [0.15, 0.2) is 36.4 Å². The number of aryl methyl sites for hydroxylation is 2. The Kier molecular flexibility index (Phi) is 7.49. The van der Waals surface area contributed by atoms with Gasteiger partial charge in [-0.3, -0.25) is 9.69 Å². The number of hydrogen-bond donors (Lipinski definition) is 0. The van der Waals surface area contributed by atoms with Crippen LogP contribution in [0.1, 0.15) is 22.3 Å². The minimum atomic E-state index is 0.185.